The second-order valence-corrected chi connectivity index (χ2v) is 8.81. The van der Waals surface area contributed by atoms with Crippen LogP contribution in [-0.4, -0.2) is 44.7 Å². The highest BCUT2D eigenvalue weighted by atomic mass is 16.6. The predicted octanol–water partition coefficient (Wildman–Crippen LogP) is 2.41. The molecule has 8 heteroatoms. The summed E-state index contributed by atoms with van der Waals surface area (Å²) < 4.78 is 6.70. The van der Waals surface area contributed by atoms with E-state index in [1.54, 1.807) is 17.6 Å². The quantitative estimate of drug-likeness (QED) is 0.476. The largest absolute Gasteiger partial charge is 0.507 e. The van der Waals surface area contributed by atoms with E-state index in [0.29, 0.717) is 40.0 Å². The lowest BCUT2D eigenvalue weighted by molar-refractivity contribution is -0.172. The third-order valence-corrected chi connectivity index (χ3v) is 6.92. The van der Waals surface area contributed by atoms with E-state index < -0.39 is 11.6 Å². The van der Waals surface area contributed by atoms with Gasteiger partial charge in [-0.3, -0.25) is 4.79 Å². The van der Waals surface area contributed by atoms with Gasteiger partial charge in [0.05, 0.1) is 29.0 Å². The third-order valence-electron chi connectivity index (χ3n) is 6.92. The number of phenols is 1. The fourth-order valence-electron chi connectivity index (χ4n) is 4.67. The van der Waals surface area contributed by atoms with E-state index in [2.05, 4.69) is 0 Å². The number of aromatic nitrogens is 2. The number of esters is 1. The first-order valence-corrected chi connectivity index (χ1v) is 10.7. The number of benzene rings is 1. The molecule has 2 aromatic heterocycles. The Labute approximate surface area is 184 Å². The minimum absolute atomic E-state index is 0.0171. The molecule has 2 aliphatic rings. The molecule has 0 amide bonds. The first-order valence-electron chi connectivity index (χ1n) is 10.7. The molecule has 0 radical (unpaired) electrons. The molecule has 8 nitrogen and oxygen atoms in total. The fourth-order valence-corrected chi connectivity index (χ4v) is 4.67. The highest BCUT2D eigenvalue weighted by molar-refractivity contribution is 5.90. The van der Waals surface area contributed by atoms with Crippen molar-refractivity contribution >= 4 is 16.9 Å². The molecule has 0 saturated carbocycles. The van der Waals surface area contributed by atoms with Crippen LogP contribution in [0.15, 0.2) is 29.1 Å². The molecule has 0 saturated heterocycles. The number of pyridine rings is 2. The average molecular weight is 435 g/mol. The molecule has 0 aliphatic carbocycles. The summed E-state index contributed by atoms with van der Waals surface area (Å²) in [7, 11) is 3.90. The van der Waals surface area contributed by atoms with Gasteiger partial charge in [0, 0.05) is 28.1 Å². The first-order chi connectivity index (χ1) is 15.2. The number of hydrogen-bond acceptors (Lipinski definition) is 7. The minimum atomic E-state index is -1.85. The summed E-state index contributed by atoms with van der Waals surface area (Å²) in [6.45, 7) is 3.83. The molecule has 1 aromatic carbocycles. The molecule has 2 aliphatic heterocycles. The Balaban J connectivity index is 1.72. The Bertz CT molecular complexity index is 1360. The molecule has 4 heterocycles. The minimum Gasteiger partial charge on any atom is -0.507 e. The van der Waals surface area contributed by atoms with Crippen molar-refractivity contribution in [1.82, 2.24) is 14.5 Å². The number of carbonyl (C=O) groups excluding carboxylic acids is 1. The van der Waals surface area contributed by atoms with Gasteiger partial charge in [0.25, 0.3) is 5.56 Å². The molecule has 0 spiro atoms. The summed E-state index contributed by atoms with van der Waals surface area (Å²) >= 11 is 0. The number of fused-ring (bicyclic) bond motifs is 5. The summed E-state index contributed by atoms with van der Waals surface area (Å²) in [6, 6.07) is 7.31. The van der Waals surface area contributed by atoms with Gasteiger partial charge in [0.1, 0.15) is 12.4 Å². The Kier molecular flexibility index (Phi) is 4.44. The molecule has 0 bridgehead atoms. The zero-order valence-electron chi connectivity index (χ0n) is 18.5. The highest BCUT2D eigenvalue weighted by Crippen LogP contribution is 2.40. The SMILES string of the molecule is CC[C@@]1(O)C(=O)OCc2c1cc1n(c2=O)Cc2cc3c(O)c(C(C)N(C)C)ccc3nc2-1. The molecule has 32 heavy (non-hydrogen) atoms. The third kappa shape index (κ3) is 2.66. The molecule has 1 unspecified atom stereocenters. The van der Waals surface area contributed by atoms with Crippen LogP contribution < -0.4 is 5.56 Å². The molecule has 2 N–H and O–H groups in total. The van der Waals surface area contributed by atoms with E-state index >= 15 is 0 Å². The first kappa shape index (κ1) is 20.7. The Morgan fingerprint density at radius 2 is 2.03 bits per heavy atom. The van der Waals surface area contributed by atoms with E-state index in [1.165, 1.54) is 0 Å². The number of cyclic esters (lactones) is 1. The number of rotatable bonds is 3. The Morgan fingerprint density at radius 1 is 1.28 bits per heavy atom. The summed E-state index contributed by atoms with van der Waals surface area (Å²) in [5.74, 6) is -0.560. The second kappa shape index (κ2) is 6.88. The van der Waals surface area contributed by atoms with Crippen molar-refractivity contribution in [2.45, 2.75) is 45.1 Å². The number of hydrogen-bond donors (Lipinski definition) is 2. The summed E-state index contributed by atoms with van der Waals surface area (Å²) in [5.41, 5.74) is 1.81. The van der Waals surface area contributed by atoms with E-state index in [1.807, 2.05) is 44.1 Å². The second-order valence-electron chi connectivity index (χ2n) is 8.81. The standard InChI is InChI=1S/C24H25N3O5/c1-5-24(31)17-9-19-20-13(10-27(19)22(29)16(17)11-32-23(24)30)8-15-18(25-20)7-6-14(21(15)28)12(2)26(3)4/h6-9,12,28,31H,5,10-11H2,1-4H3/t12?,24-/m0/s1. The highest BCUT2D eigenvalue weighted by Gasteiger charge is 2.45. The van der Waals surface area contributed by atoms with Gasteiger partial charge in [-0.15, -0.1) is 0 Å². The number of carbonyl (C=O) groups is 1. The van der Waals surface area contributed by atoms with Crippen LogP contribution >= 0.6 is 0 Å². The van der Waals surface area contributed by atoms with Crippen LogP contribution in [0, 0.1) is 0 Å². The molecular formula is C24H25N3O5. The number of phenolic OH excluding ortho intramolecular Hbond substituents is 1. The van der Waals surface area contributed by atoms with Crippen LogP contribution in [0.4, 0.5) is 0 Å². The zero-order chi connectivity index (χ0) is 22.9. The molecule has 2 atom stereocenters. The maximum Gasteiger partial charge on any atom is 0.343 e. The fraction of sp³-hybridized carbons (Fsp3) is 0.375. The molecule has 5 rings (SSSR count). The van der Waals surface area contributed by atoms with Crippen molar-refractivity contribution in [3.63, 3.8) is 0 Å². The van der Waals surface area contributed by atoms with Gasteiger partial charge in [-0.25, -0.2) is 9.78 Å². The number of aliphatic hydroxyl groups is 1. The van der Waals surface area contributed by atoms with Gasteiger partial charge in [0.15, 0.2) is 5.60 Å². The van der Waals surface area contributed by atoms with Gasteiger partial charge in [-0.05, 0) is 45.6 Å². The summed E-state index contributed by atoms with van der Waals surface area (Å²) in [5, 5.41) is 22.5. The number of nitrogens with zero attached hydrogens (tertiary/aromatic N) is 3. The Morgan fingerprint density at radius 3 is 2.72 bits per heavy atom. The normalized spacial score (nSPS) is 20.1. The van der Waals surface area contributed by atoms with E-state index in [9.17, 15) is 19.8 Å². The molecule has 3 aromatic rings. The van der Waals surface area contributed by atoms with Crippen molar-refractivity contribution in [2.24, 2.45) is 0 Å². The monoisotopic (exact) mass is 435 g/mol. The zero-order valence-corrected chi connectivity index (χ0v) is 18.5. The Hall–Kier alpha value is -3.23. The molecular weight excluding hydrogens is 410 g/mol. The summed E-state index contributed by atoms with van der Waals surface area (Å²) in [4.78, 5) is 32.3. The van der Waals surface area contributed by atoms with Crippen LogP contribution in [0.2, 0.25) is 0 Å². The van der Waals surface area contributed by atoms with Crippen molar-refractivity contribution < 1.29 is 19.7 Å². The van der Waals surface area contributed by atoms with E-state index in [4.69, 9.17) is 9.72 Å². The molecule has 166 valence electrons. The van der Waals surface area contributed by atoms with Crippen LogP contribution in [0.5, 0.6) is 5.75 Å². The van der Waals surface area contributed by atoms with Crippen molar-refractivity contribution in [1.29, 1.82) is 0 Å². The van der Waals surface area contributed by atoms with Crippen molar-refractivity contribution in [3.8, 4) is 17.1 Å². The van der Waals surface area contributed by atoms with Crippen LogP contribution in [0.1, 0.15) is 48.6 Å². The maximum absolute atomic E-state index is 13.2. The lowest BCUT2D eigenvalue weighted by atomic mass is 9.86. The van der Waals surface area contributed by atoms with Gasteiger partial charge >= 0.3 is 5.97 Å². The van der Waals surface area contributed by atoms with E-state index in [-0.39, 0.29) is 30.4 Å². The van der Waals surface area contributed by atoms with Crippen LogP contribution in [0.25, 0.3) is 22.3 Å². The van der Waals surface area contributed by atoms with Gasteiger partial charge < -0.3 is 24.4 Å². The molecule has 0 fully saturated rings. The predicted molar refractivity (Wildman–Crippen MR) is 118 cm³/mol. The topological polar surface area (TPSA) is 105 Å². The van der Waals surface area contributed by atoms with Crippen LogP contribution in [-0.2, 0) is 28.3 Å². The smallest absolute Gasteiger partial charge is 0.343 e. The maximum atomic E-state index is 13.2. The van der Waals surface area contributed by atoms with Gasteiger partial charge in [-0.2, -0.15) is 0 Å². The number of ether oxygens (including phenoxy) is 1. The lowest BCUT2D eigenvalue weighted by Gasteiger charge is -2.31. The van der Waals surface area contributed by atoms with Crippen molar-refractivity contribution in [2.75, 3.05) is 14.1 Å². The number of aromatic hydroxyl groups is 1. The summed E-state index contributed by atoms with van der Waals surface area (Å²) in [6.07, 6.45) is 0.0977. The van der Waals surface area contributed by atoms with Crippen LogP contribution in [0.3, 0.4) is 0 Å². The van der Waals surface area contributed by atoms with E-state index in [0.717, 1.165) is 11.1 Å². The van der Waals surface area contributed by atoms with Crippen molar-refractivity contribution in [3.05, 3.63) is 56.9 Å². The lowest BCUT2D eigenvalue weighted by Crippen LogP contribution is -2.44. The van der Waals surface area contributed by atoms with Gasteiger partial charge in [0.2, 0.25) is 0 Å². The van der Waals surface area contributed by atoms with Gasteiger partial charge in [-0.1, -0.05) is 13.0 Å². The average Bonchev–Trinajstić information content (AvgIpc) is 3.13.